The Bertz CT molecular complexity index is 380. The van der Waals surface area contributed by atoms with Crippen LogP contribution in [0, 0.1) is 5.92 Å². The number of carbonyl (C=O) groups is 1. The molecule has 1 aromatic rings. The lowest BCUT2D eigenvalue weighted by atomic mass is 10.2. The molecule has 2 N–H and O–H groups in total. The summed E-state index contributed by atoms with van der Waals surface area (Å²) in [4.78, 5) is 15.9. The summed E-state index contributed by atoms with van der Waals surface area (Å²) < 4.78 is 4.95. The van der Waals surface area contributed by atoms with Crippen LogP contribution in [0.4, 0.5) is 5.69 Å². The monoisotopic (exact) mass is 251 g/mol. The average Bonchev–Trinajstić information content (AvgIpc) is 2.36. The van der Waals surface area contributed by atoms with Crippen molar-refractivity contribution in [1.82, 2.24) is 10.3 Å². The van der Waals surface area contributed by atoms with Crippen molar-refractivity contribution in [2.45, 2.75) is 13.8 Å². The standard InChI is InChI=1S/C13H21N3O2/c1-10(2)9-16-13(17)12-8-11(4-5-15-12)14-6-7-18-3/h4-5,8,10H,6-7,9H2,1-3H3,(H,14,15)(H,16,17). The van der Waals surface area contributed by atoms with Crippen molar-refractivity contribution in [2.24, 2.45) is 5.92 Å². The Morgan fingerprint density at radius 2 is 2.28 bits per heavy atom. The third-order valence-electron chi connectivity index (χ3n) is 2.30. The Labute approximate surface area is 108 Å². The van der Waals surface area contributed by atoms with Gasteiger partial charge in [0.25, 0.3) is 5.91 Å². The largest absolute Gasteiger partial charge is 0.383 e. The van der Waals surface area contributed by atoms with E-state index in [0.29, 0.717) is 31.3 Å². The van der Waals surface area contributed by atoms with Crippen LogP contribution in [0.15, 0.2) is 18.3 Å². The molecule has 0 bridgehead atoms. The second-order valence-electron chi connectivity index (χ2n) is 4.45. The van der Waals surface area contributed by atoms with Gasteiger partial charge in [-0.05, 0) is 18.1 Å². The van der Waals surface area contributed by atoms with Crippen molar-refractivity contribution >= 4 is 11.6 Å². The molecule has 0 radical (unpaired) electrons. The number of nitrogens with zero attached hydrogens (tertiary/aromatic N) is 1. The lowest BCUT2D eigenvalue weighted by Gasteiger charge is -2.09. The van der Waals surface area contributed by atoms with Gasteiger partial charge in [0.2, 0.25) is 0 Å². The maximum Gasteiger partial charge on any atom is 0.269 e. The number of nitrogens with one attached hydrogen (secondary N) is 2. The minimum absolute atomic E-state index is 0.140. The zero-order valence-electron chi connectivity index (χ0n) is 11.2. The van der Waals surface area contributed by atoms with Crippen LogP contribution in [0.1, 0.15) is 24.3 Å². The van der Waals surface area contributed by atoms with Crippen LogP contribution in [0.25, 0.3) is 0 Å². The summed E-state index contributed by atoms with van der Waals surface area (Å²) >= 11 is 0. The fraction of sp³-hybridized carbons (Fsp3) is 0.538. The normalized spacial score (nSPS) is 10.4. The number of amides is 1. The van der Waals surface area contributed by atoms with E-state index >= 15 is 0 Å². The van der Waals surface area contributed by atoms with E-state index in [4.69, 9.17) is 4.74 Å². The number of carbonyl (C=O) groups excluding carboxylic acids is 1. The number of pyridine rings is 1. The van der Waals surface area contributed by atoms with Gasteiger partial charge in [0.15, 0.2) is 0 Å². The lowest BCUT2D eigenvalue weighted by Crippen LogP contribution is -2.28. The first-order valence-electron chi connectivity index (χ1n) is 6.10. The molecule has 1 amide bonds. The minimum atomic E-state index is -0.140. The predicted octanol–water partition coefficient (Wildman–Crippen LogP) is 1.53. The maximum absolute atomic E-state index is 11.8. The Morgan fingerprint density at radius 1 is 1.50 bits per heavy atom. The van der Waals surface area contributed by atoms with Gasteiger partial charge >= 0.3 is 0 Å². The van der Waals surface area contributed by atoms with Crippen LogP contribution in [-0.2, 0) is 4.74 Å². The Balaban J connectivity index is 2.55. The zero-order chi connectivity index (χ0) is 13.4. The molecule has 1 rings (SSSR count). The molecule has 0 spiro atoms. The summed E-state index contributed by atoms with van der Waals surface area (Å²) in [5.41, 5.74) is 1.30. The number of methoxy groups -OCH3 is 1. The summed E-state index contributed by atoms with van der Waals surface area (Å²) in [7, 11) is 1.65. The van der Waals surface area contributed by atoms with E-state index in [0.717, 1.165) is 5.69 Å². The highest BCUT2D eigenvalue weighted by molar-refractivity contribution is 5.93. The first-order chi connectivity index (χ1) is 8.63. The van der Waals surface area contributed by atoms with Gasteiger partial charge in [-0.15, -0.1) is 0 Å². The molecule has 1 heterocycles. The summed E-state index contributed by atoms with van der Waals surface area (Å²) in [5.74, 6) is 0.288. The highest BCUT2D eigenvalue weighted by atomic mass is 16.5. The molecule has 0 aliphatic rings. The van der Waals surface area contributed by atoms with Crippen LogP contribution in [-0.4, -0.2) is 37.7 Å². The fourth-order valence-corrected chi connectivity index (χ4v) is 1.35. The van der Waals surface area contributed by atoms with Crippen molar-refractivity contribution in [3.05, 3.63) is 24.0 Å². The third kappa shape index (κ3) is 5.14. The highest BCUT2D eigenvalue weighted by Gasteiger charge is 2.07. The van der Waals surface area contributed by atoms with Crippen molar-refractivity contribution in [3.63, 3.8) is 0 Å². The van der Waals surface area contributed by atoms with Crippen LogP contribution < -0.4 is 10.6 Å². The number of anilines is 1. The molecule has 18 heavy (non-hydrogen) atoms. The van der Waals surface area contributed by atoms with E-state index in [-0.39, 0.29) is 5.91 Å². The van der Waals surface area contributed by atoms with E-state index in [9.17, 15) is 4.79 Å². The average molecular weight is 251 g/mol. The molecule has 1 aromatic heterocycles. The molecule has 0 saturated carbocycles. The molecule has 0 aliphatic carbocycles. The topological polar surface area (TPSA) is 63.2 Å². The van der Waals surface area contributed by atoms with E-state index in [2.05, 4.69) is 29.5 Å². The number of hydrogen-bond acceptors (Lipinski definition) is 4. The second kappa shape index (κ2) is 7.66. The van der Waals surface area contributed by atoms with Crippen molar-refractivity contribution in [1.29, 1.82) is 0 Å². The van der Waals surface area contributed by atoms with Gasteiger partial charge < -0.3 is 15.4 Å². The molecule has 0 aromatic carbocycles. The third-order valence-corrected chi connectivity index (χ3v) is 2.30. The SMILES string of the molecule is COCCNc1ccnc(C(=O)NCC(C)C)c1. The Morgan fingerprint density at radius 3 is 2.94 bits per heavy atom. The van der Waals surface area contributed by atoms with Gasteiger partial charge in [0.1, 0.15) is 5.69 Å². The summed E-state index contributed by atoms with van der Waals surface area (Å²) in [6, 6.07) is 3.57. The molecule has 0 atom stereocenters. The van der Waals surface area contributed by atoms with Crippen LogP contribution in [0.3, 0.4) is 0 Å². The maximum atomic E-state index is 11.8. The molecule has 5 nitrogen and oxygen atoms in total. The van der Waals surface area contributed by atoms with E-state index in [1.807, 2.05) is 6.07 Å². The predicted molar refractivity (Wildman–Crippen MR) is 71.8 cm³/mol. The first kappa shape index (κ1) is 14.4. The Hall–Kier alpha value is -1.62. The van der Waals surface area contributed by atoms with Gasteiger partial charge in [-0.1, -0.05) is 13.8 Å². The Kier molecular flexibility index (Phi) is 6.14. The lowest BCUT2D eigenvalue weighted by molar-refractivity contribution is 0.0944. The first-order valence-corrected chi connectivity index (χ1v) is 6.10. The number of hydrogen-bond donors (Lipinski definition) is 2. The van der Waals surface area contributed by atoms with Crippen molar-refractivity contribution in [3.8, 4) is 0 Å². The van der Waals surface area contributed by atoms with Crippen molar-refractivity contribution in [2.75, 3.05) is 32.1 Å². The van der Waals surface area contributed by atoms with Gasteiger partial charge in [-0.2, -0.15) is 0 Å². The quantitative estimate of drug-likeness (QED) is 0.721. The molecule has 0 fully saturated rings. The molecular formula is C13H21N3O2. The highest BCUT2D eigenvalue weighted by Crippen LogP contribution is 2.07. The van der Waals surface area contributed by atoms with Gasteiger partial charge in [0, 0.05) is 32.1 Å². The summed E-state index contributed by atoms with van der Waals surface area (Å²) in [6.07, 6.45) is 1.62. The second-order valence-corrected chi connectivity index (χ2v) is 4.45. The molecular weight excluding hydrogens is 230 g/mol. The van der Waals surface area contributed by atoms with E-state index < -0.39 is 0 Å². The van der Waals surface area contributed by atoms with Crippen LogP contribution in [0.2, 0.25) is 0 Å². The fourth-order valence-electron chi connectivity index (χ4n) is 1.35. The summed E-state index contributed by atoms with van der Waals surface area (Å²) in [6.45, 7) is 6.08. The smallest absolute Gasteiger partial charge is 0.269 e. The van der Waals surface area contributed by atoms with E-state index in [1.165, 1.54) is 0 Å². The molecule has 0 unspecified atom stereocenters. The molecule has 100 valence electrons. The van der Waals surface area contributed by atoms with Gasteiger partial charge in [0.05, 0.1) is 6.61 Å². The van der Waals surface area contributed by atoms with Crippen LogP contribution in [0.5, 0.6) is 0 Å². The number of aromatic nitrogens is 1. The number of rotatable bonds is 7. The summed E-state index contributed by atoms with van der Waals surface area (Å²) in [5, 5.41) is 6.00. The van der Waals surface area contributed by atoms with Gasteiger partial charge in [-0.3, -0.25) is 9.78 Å². The molecule has 5 heteroatoms. The zero-order valence-corrected chi connectivity index (χ0v) is 11.2. The van der Waals surface area contributed by atoms with Gasteiger partial charge in [-0.25, -0.2) is 0 Å². The minimum Gasteiger partial charge on any atom is -0.383 e. The molecule has 0 aliphatic heterocycles. The number of ether oxygens (including phenoxy) is 1. The molecule has 0 saturated heterocycles. The van der Waals surface area contributed by atoms with Crippen molar-refractivity contribution < 1.29 is 9.53 Å². The van der Waals surface area contributed by atoms with E-state index in [1.54, 1.807) is 19.4 Å². The van der Waals surface area contributed by atoms with Crippen LogP contribution >= 0.6 is 0 Å².